The van der Waals surface area contributed by atoms with E-state index in [1.54, 1.807) is 24.3 Å². The molecule has 5 heteroatoms. The lowest BCUT2D eigenvalue weighted by Gasteiger charge is -2.37. The van der Waals surface area contributed by atoms with E-state index < -0.39 is 11.4 Å². The molecule has 0 bridgehead atoms. The summed E-state index contributed by atoms with van der Waals surface area (Å²) < 4.78 is 5.28. The number of rotatable bonds is 1. The number of alkyl halides is 1. The molecule has 1 heterocycles. The second-order valence-electron chi connectivity index (χ2n) is 4.77. The molecule has 1 aliphatic heterocycles. The number of hydrogen-bond donors (Lipinski definition) is 0. The van der Waals surface area contributed by atoms with Crippen molar-refractivity contribution in [2.24, 2.45) is 0 Å². The summed E-state index contributed by atoms with van der Waals surface area (Å²) in [6, 6.07) is 6.33. The zero-order valence-corrected chi connectivity index (χ0v) is 11.1. The quantitative estimate of drug-likeness (QED) is 0.729. The summed E-state index contributed by atoms with van der Waals surface area (Å²) >= 11 is 6.24. The Hall–Kier alpha value is -1.23. The van der Waals surface area contributed by atoms with Crippen LogP contribution in [0.25, 0.3) is 0 Å². The lowest BCUT2D eigenvalue weighted by Crippen LogP contribution is -2.56. The lowest BCUT2D eigenvalue weighted by atomic mass is 9.85. The molecule has 0 spiro atoms. The third kappa shape index (κ3) is 2.10. The molecule has 2 atom stereocenters. The van der Waals surface area contributed by atoms with Crippen molar-refractivity contribution in [3.63, 3.8) is 0 Å². The van der Waals surface area contributed by atoms with E-state index in [1.807, 2.05) is 4.90 Å². The highest BCUT2D eigenvalue weighted by Crippen LogP contribution is 2.28. The molecule has 1 saturated heterocycles. The van der Waals surface area contributed by atoms with E-state index in [9.17, 15) is 9.59 Å². The van der Waals surface area contributed by atoms with Crippen molar-refractivity contribution in [3.05, 3.63) is 35.4 Å². The maximum atomic E-state index is 12.6. The fourth-order valence-electron chi connectivity index (χ4n) is 2.70. The summed E-state index contributed by atoms with van der Waals surface area (Å²) in [4.78, 5) is 26.8. The highest BCUT2D eigenvalue weighted by Gasteiger charge is 2.43. The minimum absolute atomic E-state index is 0.0582. The van der Waals surface area contributed by atoms with E-state index >= 15 is 0 Å². The van der Waals surface area contributed by atoms with Gasteiger partial charge in [0.25, 0.3) is 0 Å². The zero-order chi connectivity index (χ0) is 13.4. The number of benzene rings is 1. The fourth-order valence-corrected chi connectivity index (χ4v) is 3.09. The number of fused-ring (bicyclic) bond motifs is 1. The van der Waals surface area contributed by atoms with E-state index in [2.05, 4.69) is 0 Å². The van der Waals surface area contributed by atoms with Gasteiger partial charge in [0.05, 0.1) is 19.3 Å². The summed E-state index contributed by atoms with van der Waals surface area (Å²) in [5, 5.41) is -0.805. The summed E-state index contributed by atoms with van der Waals surface area (Å²) in [6.07, 6.45) is 0. The number of nitrogens with zero attached hydrogens (tertiary/aromatic N) is 1. The number of morpholine rings is 1. The topological polar surface area (TPSA) is 46.6 Å². The van der Waals surface area contributed by atoms with Crippen LogP contribution >= 0.6 is 11.6 Å². The number of ether oxygens (including phenoxy) is 1. The van der Waals surface area contributed by atoms with Crippen molar-refractivity contribution in [3.8, 4) is 0 Å². The third-order valence-corrected chi connectivity index (χ3v) is 4.13. The van der Waals surface area contributed by atoms with Crippen LogP contribution in [0.5, 0.6) is 0 Å². The predicted molar refractivity (Wildman–Crippen MR) is 70.9 cm³/mol. The number of carbonyl (C=O) groups excluding carboxylic acids is 2. The molecule has 19 heavy (non-hydrogen) atoms. The summed E-state index contributed by atoms with van der Waals surface area (Å²) in [5.74, 6) is -0.217. The predicted octanol–water partition coefficient (Wildman–Crippen LogP) is 1.37. The Labute approximate surface area is 116 Å². The monoisotopic (exact) mass is 279 g/mol. The van der Waals surface area contributed by atoms with E-state index in [0.717, 1.165) is 0 Å². The average molecular weight is 280 g/mol. The largest absolute Gasteiger partial charge is 0.379 e. The van der Waals surface area contributed by atoms with Gasteiger partial charge in [-0.3, -0.25) is 14.5 Å². The van der Waals surface area contributed by atoms with Crippen LogP contribution in [0, 0.1) is 0 Å². The molecular formula is C14H14ClNO3. The Morgan fingerprint density at radius 1 is 1.05 bits per heavy atom. The molecule has 0 aromatic heterocycles. The molecule has 4 nitrogen and oxygen atoms in total. The SMILES string of the molecule is O=C1c2ccccc2C(=O)C(N2CCOCC2)C1Cl. The van der Waals surface area contributed by atoms with Gasteiger partial charge in [0.15, 0.2) is 11.6 Å². The van der Waals surface area contributed by atoms with Crippen LogP contribution in [0.4, 0.5) is 0 Å². The van der Waals surface area contributed by atoms with Crippen molar-refractivity contribution >= 4 is 23.2 Å². The summed E-state index contributed by atoms with van der Waals surface area (Å²) in [7, 11) is 0. The summed E-state index contributed by atoms with van der Waals surface area (Å²) in [6.45, 7) is 2.41. The standard InChI is InChI=1S/C14H14ClNO3/c15-11-12(16-5-7-19-8-6-16)14(18)10-4-2-1-3-9(10)13(11)17/h1-4,11-12H,5-8H2. The van der Waals surface area contributed by atoms with Gasteiger partial charge in [-0.15, -0.1) is 11.6 Å². The van der Waals surface area contributed by atoms with Gasteiger partial charge in [-0.1, -0.05) is 24.3 Å². The number of carbonyl (C=O) groups is 2. The molecule has 2 aliphatic rings. The molecule has 1 aromatic rings. The van der Waals surface area contributed by atoms with Gasteiger partial charge < -0.3 is 4.74 Å². The number of ketones is 2. The number of hydrogen-bond acceptors (Lipinski definition) is 4. The normalized spacial score (nSPS) is 28.3. The van der Waals surface area contributed by atoms with Gasteiger partial charge in [0, 0.05) is 24.2 Å². The Morgan fingerprint density at radius 2 is 1.63 bits per heavy atom. The Kier molecular flexibility index (Phi) is 3.39. The van der Waals surface area contributed by atoms with Crippen molar-refractivity contribution in [2.75, 3.05) is 26.3 Å². The van der Waals surface area contributed by atoms with Crippen LogP contribution in [-0.4, -0.2) is 54.2 Å². The molecule has 1 fully saturated rings. The Balaban J connectivity index is 1.99. The van der Waals surface area contributed by atoms with Crippen LogP contribution in [0.1, 0.15) is 20.7 Å². The first-order chi connectivity index (χ1) is 9.20. The molecule has 1 aliphatic carbocycles. The molecule has 0 radical (unpaired) electrons. The zero-order valence-electron chi connectivity index (χ0n) is 10.3. The van der Waals surface area contributed by atoms with E-state index in [0.29, 0.717) is 37.4 Å². The lowest BCUT2D eigenvalue weighted by molar-refractivity contribution is 0.0161. The first-order valence-corrected chi connectivity index (χ1v) is 6.77. The van der Waals surface area contributed by atoms with Crippen LogP contribution in [-0.2, 0) is 4.74 Å². The van der Waals surface area contributed by atoms with Crippen molar-refractivity contribution in [1.29, 1.82) is 0 Å². The minimum atomic E-state index is -0.805. The smallest absolute Gasteiger partial charge is 0.183 e. The molecule has 3 rings (SSSR count). The van der Waals surface area contributed by atoms with Gasteiger partial charge in [-0.25, -0.2) is 0 Å². The Morgan fingerprint density at radius 3 is 2.26 bits per heavy atom. The maximum Gasteiger partial charge on any atom is 0.183 e. The van der Waals surface area contributed by atoms with Gasteiger partial charge >= 0.3 is 0 Å². The first-order valence-electron chi connectivity index (χ1n) is 6.33. The van der Waals surface area contributed by atoms with Crippen molar-refractivity contribution in [1.82, 2.24) is 4.90 Å². The van der Waals surface area contributed by atoms with Crippen LogP contribution in [0.15, 0.2) is 24.3 Å². The number of Topliss-reactive ketones (excluding diaryl/α,β-unsaturated/α-hetero) is 2. The van der Waals surface area contributed by atoms with Crippen LogP contribution < -0.4 is 0 Å². The van der Waals surface area contributed by atoms with Crippen LogP contribution in [0.3, 0.4) is 0 Å². The number of halogens is 1. The maximum absolute atomic E-state index is 12.6. The molecule has 0 amide bonds. The molecule has 2 unspecified atom stereocenters. The van der Waals surface area contributed by atoms with Gasteiger partial charge in [-0.2, -0.15) is 0 Å². The molecular weight excluding hydrogens is 266 g/mol. The highest BCUT2D eigenvalue weighted by molar-refractivity contribution is 6.39. The second-order valence-corrected chi connectivity index (χ2v) is 5.24. The minimum Gasteiger partial charge on any atom is -0.379 e. The van der Waals surface area contributed by atoms with E-state index in [1.165, 1.54) is 0 Å². The van der Waals surface area contributed by atoms with Gasteiger partial charge in [0.2, 0.25) is 0 Å². The van der Waals surface area contributed by atoms with Gasteiger partial charge in [0.1, 0.15) is 5.38 Å². The second kappa shape index (κ2) is 5.04. The van der Waals surface area contributed by atoms with Gasteiger partial charge in [-0.05, 0) is 0 Å². The molecule has 0 saturated carbocycles. The Bertz CT molecular complexity index is 525. The van der Waals surface area contributed by atoms with Crippen molar-refractivity contribution < 1.29 is 14.3 Å². The molecule has 1 aromatic carbocycles. The van der Waals surface area contributed by atoms with E-state index in [-0.39, 0.29) is 11.6 Å². The van der Waals surface area contributed by atoms with Crippen molar-refractivity contribution in [2.45, 2.75) is 11.4 Å². The first kappa shape index (κ1) is 12.8. The average Bonchev–Trinajstić information content (AvgIpc) is 2.46. The van der Waals surface area contributed by atoms with Crippen LogP contribution in [0.2, 0.25) is 0 Å². The third-order valence-electron chi connectivity index (χ3n) is 3.69. The van der Waals surface area contributed by atoms with E-state index in [4.69, 9.17) is 16.3 Å². The molecule has 100 valence electrons. The summed E-state index contributed by atoms with van der Waals surface area (Å²) in [5.41, 5.74) is 0.929. The molecule has 0 N–H and O–H groups in total. The highest BCUT2D eigenvalue weighted by atomic mass is 35.5. The fraction of sp³-hybridized carbons (Fsp3) is 0.429.